The minimum absolute atomic E-state index is 0.369. The van der Waals surface area contributed by atoms with E-state index >= 15 is 0 Å². The van der Waals surface area contributed by atoms with E-state index in [0.717, 1.165) is 28.9 Å². The molecule has 1 fully saturated rings. The van der Waals surface area contributed by atoms with Crippen molar-refractivity contribution in [1.29, 1.82) is 0 Å². The van der Waals surface area contributed by atoms with Crippen LogP contribution in [0.4, 0.5) is 5.69 Å². The van der Waals surface area contributed by atoms with Gasteiger partial charge in [-0.25, -0.2) is 4.79 Å². The largest absolute Gasteiger partial charge is 0.478 e. The summed E-state index contributed by atoms with van der Waals surface area (Å²) in [4.78, 5) is 11.3. The zero-order valence-corrected chi connectivity index (χ0v) is 12.1. The van der Waals surface area contributed by atoms with Crippen molar-refractivity contribution in [2.75, 3.05) is 11.9 Å². The first-order chi connectivity index (χ1) is 10.3. The van der Waals surface area contributed by atoms with Crippen LogP contribution in [0.15, 0.2) is 36.4 Å². The third kappa shape index (κ3) is 3.02. The summed E-state index contributed by atoms with van der Waals surface area (Å²) in [7, 11) is 0. The predicted molar refractivity (Wildman–Crippen MR) is 86.0 cm³/mol. The highest BCUT2D eigenvalue weighted by molar-refractivity contribution is 6.07. The lowest BCUT2D eigenvalue weighted by Gasteiger charge is -2.22. The van der Waals surface area contributed by atoms with Crippen LogP contribution in [0.25, 0.3) is 10.8 Å². The van der Waals surface area contributed by atoms with Gasteiger partial charge in [-0.2, -0.15) is 0 Å². The SMILES string of the molecule is O=C(O)c1ccc(NCC2CCCCC2)c2ccccc12. The average Bonchev–Trinajstić information content (AvgIpc) is 2.53. The molecule has 1 aliphatic carbocycles. The predicted octanol–water partition coefficient (Wildman–Crippen LogP) is 4.53. The first-order valence-corrected chi connectivity index (χ1v) is 7.74. The third-order valence-corrected chi connectivity index (χ3v) is 4.46. The van der Waals surface area contributed by atoms with Gasteiger partial charge < -0.3 is 10.4 Å². The number of carboxylic acids is 1. The number of fused-ring (bicyclic) bond motifs is 1. The zero-order valence-electron chi connectivity index (χ0n) is 12.1. The number of carbonyl (C=O) groups is 1. The Kier molecular flexibility index (Phi) is 4.09. The second kappa shape index (κ2) is 6.17. The van der Waals surface area contributed by atoms with Crippen LogP contribution in [0, 0.1) is 5.92 Å². The molecule has 0 bridgehead atoms. The van der Waals surface area contributed by atoms with E-state index in [1.807, 2.05) is 30.3 Å². The average molecular weight is 283 g/mol. The molecule has 0 heterocycles. The maximum absolute atomic E-state index is 11.3. The first-order valence-electron chi connectivity index (χ1n) is 7.74. The summed E-state index contributed by atoms with van der Waals surface area (Å²) in [6.07, 6.45) is 6.65. The first kappa shape index (κ1) is 13.9. The van der Waals surface area contributed by atoms with E-state index in [0.29, 0.717) is 5.56 Å². The van der Waals surface area contributed by atoms with E-state index < -0.39 is 5.97 Å². The lowest BCUT2D eigenvalue weighted by atomic mass is 9.89. The van der Waals surface area contributed by atoms with Gasteiger partial charge in [0.1, 0.15) is 0 Å². The van der Waals surface area contributed by atoms with Gasteiger partial charge in [0, 0.05) is 17.6 Å². The van der Waals surface area contributed by atoms with Crippen molar-refractivity contribution in [2.45, 2.75) is 32.1 Å². The van der Waals surface area contributed by atoms with E-state index in [9.17, 15) is 9.90 Å². The molecular weight excluding hydrogens is 262 g/mol. The Hall–Kier alpha value is -2.03. The highest BCUT2D eigenvalue weighted by Gasteiger charge is 2.15. The minimum atomic E-state index is -0.870. The molecule has 1 saturated carbocycles. The summed E-state index contributed by atoms with van der Waals surface area (Å²) >= 11 is 0. The summed E-state index contributed by atoms with van der Waals surface area (Å²) in [5, 5.41) is 14.6. The van der Waals surface area contributed by atoms with Crippen LogP contribution >= 0.6 is 0 Å². The number of benzene rings is 2. The van der Waals surface area contributed by atoms with Gasteiger partial charge in [-0.05, 0) is 36.3 Å². The van der Waals surface area contributed by atoms with Crippen molar-refractivity contribution in [3.05, 3.63) is 42.0 Å². The summed E-state index contributed by atoms with van der Waals surface area (Å²) in [6, 6.07) is 11.3. The second-order valence-electron chi connectivity index (χ2n) is 5.90. The number of hydrogen-bond acceptors (Lipinski definition) is 2. The molecule has 0 radical (unpaired) electrons. The van der Waals surface area contributed by atoms with Crippen molar-refractivity contribution < 1.29 is 9.90 Å². The molecular formula is C18H21NO2. The van der Waals surface area contributed by atoms with Gasteiger partial charge in [0.25, 0.3) is 0 Å². The van der Waals surface area contributed by atoms with Gasteiger partial charge in [0.05, 0.1) is 5.56 Å². The molecule has 2 aromatic carbocycles. The summed E-state index contributed by atoms with van der Waals surface area (Å²) in [6.45, 7) is 0.983. The lowest BCUT2D eigenvalue weighted by Crippen LogP contribution is -2.17. The van der Waals surface area contributed by atoms with Gasteiger partial charge in [0.2, 0.25) is 0 Å². The topological polar surface area (TPSA) is 49.3 Å². The van der Waals surface area contributed by atoms with Gasteiger partial charge in [-0.1, -0.05) is 43.5 Å². The number of anilines is 1. The Labute approximate surface area is 125 Å². The molecule has 2 N–H and O–H groups in total. The van der Waals surface area contributed by atoms with Crippen molar-refractivity contribution >= 4 is 22.4 Å². The van der Waals surface area contributed by atoms with E-state index in [4.69, 9.17) is 0 Å². The Bertz CT molecular complexity index is 645. The van der Waals surface area contributed by atoms with Crippen molar-refractivity contribution in [2.24, 2.45) is 5.92 Å². The lowest BCUT2D eigenvalue weighted by molar-refractivity contribution is 0.0699. The summed E-state index contributed by atoms with van der Waals surface area (Å²) in [5.41, 5.74) is 1.41. The monoisotopic (exact) mass is 283 g/mol. The number of nitrogens with one attached hydrogen (secondary N) is 1. The molecule has 2 aromatic rings. The summed E-state index contributed by atoms with van der Waals surface area (Å²) < 4.78 is 0. The van der Waals surface area contributed by atoms with Gasteiger partial charge in [-0.15, -0.1) is 0 Å². The van der Waals surface area contributed by atoms with Crippen LogP contribution in [0.1, 0.15) is 42.5 Å². The van der Waals surface area contributed by atoms with Gasteiger partial charge in [0.15, 0.2) is 0 Å². The van der Waals surface area contributed by atoms with Crippen molar-refractivity contribution in [3.63, 3.8) is 0 Å². The van der Waals surface area contributed by atoms with Crippen LogP contribution in [-0.4, -0.2) is 17.6 Å². The highest BCUT2D eigenvalue weighted by atomic mass is 16.4. The normalized spacial score (nSPS) is 16.0. The maximum atomic E-state index is 11.3. The van der Waals surface area contributed by atoms with E-state index in [2.05, 4.69) is 5.32 Å². The zero-order chi connectivity index (χ0) is 14.7. The number of carboxylic acid groups (broad SMARTS) is 1. The van der Waals surface area contributed by atoms with Crippen LogP contribution in [0.3, 0.4) is 0 Å². The molecule has 21 heavy (non-hydrogen) atoms. The molecule has 3 nitrogen and oxygen atoms in total. The van der Waals surface area contributed by atoms with E-state index in [-0.39, 0.29) is 0 Å². The van der Waals surface area contributed by atoms with Gasteiger partial charge >= 0.3 is 5.97 Å². The standard InChI is InChI=1S/C18H21NO2/c20-18(21)16-10-11-17(15-9-5-4-8-14(15)16)19-12-13-6-2-1-3-7-13/h4-5,8-11,13,19H,1-3,6-7,12H2,(H,20,21). The van der Waals surface area contributed by atoms with Crippen LogP contribution in [0.5, 0.6) is 0 Å². The molecule has 0 atom stereocenters. The third-order valence-electron chi connectivity index (χ3n) is 4.46. The van der Waals surface area contributed by atoms with Crippen LogP contribution < -0.4 is 5.32 Å². The summed E-state index contributed by atoms with van der Waals surface area (Å²) in [5.74, 6) is -0.123. The number of rotatable bonds is 4. The van der Waals surface area contributed by atoms with Crippen molar-refractivity contribution in [1.82, 2.24) is 0 Å². The molecule has 0 aliphatic heterocycles. The second-order valence-corrected chi connectivity index (χ2v) is 5.90. The quantitative estimate of drug-likeness (QED) is 0.866. The molecule has 0 unspecified atom stereocenters. The Morgan fingerprint density at radius 3 is 2.48 bits per heavy atom. The smallest absolute Gasteiger partial charge is 0.336 e. The molecule has 1 aliphatic rings. The maximum Gasteiger partial charge on any atom is 0.336 e. The minimum Gasteiger partial charge on any atom is -0.478 e. The molecule has 0 aromatic heterocycles. The molecule has 3 rings (SSSR count). The van der Waals surface area contributed by atoms with Gasteiger partial charge in [-0.3, -0.25) is 0 Å². The molecule has 0 amide bonds. The molecule has 0 spiro atoms. The Balaban J connectivity index is 1.85. The number of hydrogen-bond donors (Lipinski definition) is 2. The van der Waals surface area contributed by atoms with Crippen molar-refractivity contribution in [3.8, 4) is 0 Å². The van der Waals surface area contributed by atoms with Crippen LogP contribution in [0.2, 0.25) is 0 Å². The fraction of sp³-hybridized carbons (Fsp3) is 0.389. The Morgan fingerprint density at radius 2 is 1.76 bits per heavy atom. The molecule has 0 saturated heterocycles. The van der Waals surface area contributed by atoms with E-state index in [1.165, 1.54) is 32.1 Å². The Morgan fingerprint density at radius 1 is 1.05 bits per heavy atom. The van der Waals surface area contributed by atoms with E-state index in [1.54, 1.807) is 6.07 Å². The molecule has 110 valence electrons. The highest BCUT2D eigenvalue weighted by Crippen LogP contribution is 2.29. The fourth-order valence-corrected chi connectivity index (χ4v) is 3.29. The fourth-order valence-electron chi connectivity index (χ4n) is 3.29. The number of aromatic carboxylic acids is 1. The van der Waals surface area contributed by atoms with Crippen LogP contribution in [-0.2, 0) is 0 Å². The molecule has 3 heteroatoms.